The van der Waals surface area contributed by atoms with Crippen LogP contribution in [0.25, 0.3) is 0 Å². The van der Waals surface area contributed by atoms with Crippen molar-refractivity contribution in [1.82, 2.24) is 10.2 Å². The van der Waals surface area contributed by atoms with E-state index in [0.717, 1.165) is 37.2 Å². The number of nitrogens with one attached hydrogen (secondary N) is 1. The smallest absolute Gasteiger partial charge is 0.126 e. The molecule has 0 saturated carbocycles. The van der Waals surface area contributed by atoms with Crippen LogP contribution in [0.4, 0.5) is 4.39 Å². The van der Waals surface area contributed by atoms with Gasteiger partial charge in [0.2, 0.25) is 0 Å². The second kappa shape index (κ2) is 5.59. The maximum absolute atomic E-state index is 13.7. The van der Waals surface area contributed by atoms with Gasteiger partial charge in [0.25, 0.3) is 0 Å². The Kier molecular flexibility index (Phi) is 4.26. The Bertz CT molecular complexity index is 446. The number of aryl methyl sites for hydroxylation is 1. The van der Waals surface area contributed by atoms with Crippen LogP contribution in [-0.2, 0) is 0 Å². The minimum Gasteiger partial charge on any atom is -0.309 e. The molecule has 1 aliphatic heterocycles. The molecule has 0 radical (unpaired) electrons. The first-order valence-electron chi connectivity index (χ1n) is 7.20. The minimum absolute atomic E-state index is 0.0993. The van der Waals surface area contributed by atoms with Crippen molar-refractivity contribution in [2.75, 3.05) is 19.6 Å². The van der Waals surface area contributed by atoms with Crippen LogP contribution >= 0.6 is 0 Å². The van der Waals surface area contributed by atoms with Crippen LogP contribution < -0.4 is 5.32 Å². The Morgan fingerprint density at radius 1 is 1.47 bits per heavy atom. The quantitative estimate of drug-likeness (QED) is 0.901. The number of halogens is 1. The van der Waals surface area contributed by atoms with Gasteiger partial charge in [-0.2, -0.15) is 0 Å². The molecule has 0 amide bonds. The first kappa shape index (κ1) is 14.5. The maximum atomic E-state index is 13.7. The molecule has 1 fully saturated rings. The average molecular weight is 264 g/mol. The van der Waals surface area contributed by atoms with E-state index in [9.17, 15) is 4.39 Å². The summed E-state index contributed by atoms with van der Waals surface area (Å²) in [5.41, 5.74) is 1.97. The molecule has 1 aromatic carbocycles. The molecule has 2 unspecified atom stereocenters. The van der Waals surface area contributed by atoms with Gasteiger partial charge in [-0.25, -0.2) is 4.39 Å². The minimum atomic E-state index is -0.0993. The van der Waals surface area contributed by atoms with Crippen molar-refractivity contribution in [3.63, 3.8) is 0 Å². The second-order valence-electron chi connectivity index (χ2n) is 6.00. The number of hydrogen-bond acceptors (Lipinski definition) is 2. The SMILES string of the molecule is CCC1(C)CN(C(C)c2ccc(C)c(F)c2)CCN1. The number of rotatable bonds is 3. The zero-order valence-corrected chi connectivity index (χ0v) is 12.5. The van der Waals surface area contributed by atoms with Crippen LogP contribution in [0, 0.1) is 12.7 Å². The van der Waals surface area contributed by atoms with Crippen molar-refractivity contribution < 1.29 is 4.39 Å². The molecule has 0 aliphatic carbocycles. The summed E-state index contributed by atoms with van der Waals surface area (Å²) in [5, 5.41) is 3.59. The highest BCUT2D eigenvalue weighted by molar-refractivity contribution is 5.25. The predicted octanol–water partition coefficient (Wildman–Crippen LogP) is 3.27. The van der Waals surface area contributed by atoms with Crippen molar-refractivity contribution in [2.45, 2.75) is 45.7 Å². The predicted molar refractivity (Wildman–Crippen MR) is 77.8 cm³/mol. The van der Waals surface area contributed by atoms with Crippen molar-refractivity contribution in [1.29, 1.82) is 0 Å². The summed E-state index contributed by atoms with van der Waals surface area (Å²) in [6, 6.07) is 5.88. The van der Waals surface area contributed by atoms with Crippen LogP contribution in [0.2, 0.25) is 0 Å². The van der Waals surface area contributed by atoms with Crippen molar-refractivity contribution in [3.8, 4) is 0 Å². The zero-order chi connectivity index (χ0) is 14.0. The molecule has 2 atom stereocenters. The fourth-order valence-corrected chi connectivity index (χ4v) is 2.73. The molecule has 0 spiro atoms. The summed E-state index contributed by atoms with van der Waals surface area (Å²) >= 11 is 0. The van der Waals surface area contributed by atoms with Gasteiger partial charge < -0.3 is 5.32 Å². The maximum Gasteiger partial charge on any atom is 0.126 e. The van der Waals surface area contributed by atoms with E-state index in [4.69, 9.17) is 0 Å². The van der Waals surface area contributed by atoms with E-state index < -0.39 is 0 Å². The Morgan fingerprint density at radius 3 is 2.84 bits per heavy atom. The molecule has 1 aromatic rings. The fourth-order valence-electron chi connectivity index (χ4n) is 2.73. The number of piperazine rings is 1. The molecular formula is C16H25FN2. The van der Waals surface area contributed by atoms with Gasteiger partial charge in [0, 0.05) is 31.2 Å². The van der Waals surface area contributed by atoms with Gasteiger partial charge in [0.05, 0.1) is 0 Å². The molecule has 19 heavy (non-hydrogen) atoms. The van der Waals surface area contributed by atoms with Crippen molar-refractivity contribution in [2.24, 2.45) is 0 Å². The standard InChI is InChI=1S/C16H25FN2/c1-5-16(4)11-19(9-8-18-16)13(3)14-7-6-12(2)15(17)10-14/h6-7,10,13,18H,5,8-9,11H2,1-4H3. The molecule has 0 bridgehead atoms. The van der Waals surface area contributed by atoms with Crippen LogP contribution in [0.5, 0.6) is 0 Å². The highest BCUT2D eigenvalue weighted by Gasteiger charge is 2.31. The van der Waals surface area contributed by atoms with E-state index in [1.54, 1.807) is 6.07 Å². The normalized spacial score (nSPS) is 26.4. The molecule has 1 aliphatic rings. The monoisotopic (exact) mass is 264 g/mol. The van der Waals surface area contributed by atoms with Crippen LogP contribution in [-0.4, -0.2) is 30.1 Å². The molecule has 3 heteroatoms. The summed E-state index contributed by atoms with van der Waals surface area (Å²) in [5.74, 6) is -0.0993. The van der Waals surface area contributed by atoms with Gasteiger partial charge in [-0.1, -0.05) is 19.1 Å². The molecule has 106 valence electrons. The number of benzene rings is 1. The molecule has 2 rings (SSSR count). The third kappa shape index (κ3) is 3.15. The summed E-state index contributed by atoms with van der Waals surface area (Å²) in [6.45, 7) is 11.5. The van der Waals surface area contributed by atoms with E-state index in [-0.39, 0.29) is 17.4 Å². The molecule has 1 N–H and O–H groups in total. The largest absolute Gasteiger partial charge is 0.309 e. The Balaban J connectivity index is 2.14. The third-order valence-corrected chi connectivity index (χ3v) is 4.51. The average Bonchev–Trinajstić information content (AvgIpc) is 2.41. The second-order valence-corrected chi connectivity index (χ2v) is 6.00. The van der Waals surface area contributed by atoms with Gasteiger partial charge in [-0.15, -0.1) is 0 Å². The third-order valence-electron chi connectivity index (χ3n) is 4.51. The molecular weight excluding hydrogens is 239 g/mol. The highest BCUT2D eigenvalue weighted by atomic mass is 19.1. The van der Waals surface area contributed by atoms with Gasteiger partial charge in [-0.3, -0.25) is 4.90 Å². The molecule has 2 nitrogen and oxygen atoms in total. The van der Waals surface area contributed by atoms with E-state index in [2.05, 4.69) is 37.1 Å². The van der Waals surface area contributed by atoms with Crippen LogP contribution in [0.3, 0.4) is 0 Å². The lowest BCUT2D eigenvalue weighted by atomic mass is 9.93. The molecule has 1 saturated heterocycles. The van der Waals surface area contributed by atoms with Gasteiger partial charge in [0.1, 0.15) is 5.82 Å². The van der Waals surface area contributed by atoms with Crippen molar-refractivity contribution >= 4 is 0 Å². The lowest BCUT2D eigenvalue weighted by Crippen LogP contribution is -2.58. The Morgan fingerprint density at radius 2 is 2.21 bits per heavy atom. The van der Waals surface area contributed by atoms with E-state index in [1.165, 1.54) is 0 Å². The Hall–Kier alpha value is -0.930. The lowest BCUT2D eigenvalue weighted by molar-refractivity contribution is 0.105. The summed E-state index contributed by atoms with van der Waals surface area (Å²) in [7, 11) is 0. The molecule has 0 aromatic heterocycles. The summed E-state index contributed by atoms with van der Waals surface area (Å²) in [6.07, 6.45) is 1.11. The first-order valence-corrected chi connectivity index (χ1v) is 7.20. The number of hydrogen-bond donors (Lipinski definition) is 1. The number of nitrogens with zero attached hydrogens (tertiary/aromatic N) is 1. The van der Waals surface area contributed by atoms with Crippen LogP contribution in [0.15, 0.2) is 18.2 Å². The fraction of sp³-hybridized carbons (Fsp3) is 0.625. The van der Waals surface area contributed by atoms with Crippen molar-refractivity contribution in [3.05, 3.63) is 35.1 Å². The van der Waals surface area contributed by atoms with Crippen LogP contribution in [0.1, 0.15) is 44.4 Å². The highest BCUT2D eigenvalue weighted by Crippen LogP contribution is 2.26. The topological polar surface area (TPSA) is 15.3 Å². The summed E-state index contributed by atoms with van der Waals surface area (Å²) < 4.78 is 13.7. The first-order chi connectivity index (χ1) is 8.95. The van der Waals surface area contributed by atoms with E-state index >= 15 is 0 Å². The zero-order valence-electron chi connectivity index (χ0n) is 12.5. The summed E-state index contributed by atoms with van der Waals surface area (Å²) in [4.78, 5) is 2.45. The molecule has 1 heterocycles. The van der Waals surface area contributed by atoms with Gasteiger partial charge in [0.15, 0.2) is 0 Å². The lowest BCUT2D eigenvalue weighted by Gasteiger charge is -2.43. The van der Waals surface area contributed by atoms with E-state index in [1.807, 2.05) is 13.0 Å². The van der Waals surface area contributed by atoms with Gasteiger partial charge in [-0.05, 0) is 44.4 Å². The Labute approximate surface area is 116 Å². The van der Waals surface area contributed by atoms with E-state index in [0.29, 0.717) is 0 Å². The van der Waals surface area contributed by atoms with Gasteiger partial charge >= 0.3 is 0 Å².